The Morgan fingerprint density at radius 2 is 1.79 bits per heavy atom. The van der Waals surface area contributed by atoms with Gasteiger partial charge >= 0.3 is 0 Å². The van der Waals surface area contributed by atoms with Gasteiger partial charge in [-0.1, -0.05) is 42.5 Å². The molecule has 140 valence electrons. The smallest absolute Gasteiger partial charge is 0.258 e. The van der Waals surface area contributed by atoms with Crippen molar-refractivity contribution in [2.75, 3.05) is 5.32 Å². The molecular formula is C21H17N3O2S2. The molecule has 7 heteroatoms. The van der Waals surface area contributed by atoms with E-state index < -0.39 is 0 Å². The molecule has 0 aliphatic heterocycles. The minimum atomic E-state index is -0.149. The fraction of sp³-hybridized carbons (Fsp3) is 0.0952. The maximum absolute atomic E-state index is 12.6. The average Bonchev–Trinajstić information content (AvgIpc) is 3.34. The van der Waals surface area contributed by atoms with Gasteiger partial charge in [-0.3, -0.25) is 14.9 Å². The third-order valence-corrected chi connectivity index (χ3v) is 5.96. The topological polar surface area (TPSA) is 71.1 Å². The first kappa shape index (κ1) is 18.3. The van der Waals surface area contributed by atoms with Crippen LogP contribution in [-0.4, -0.2) is 16.8 Å². The van der Waals surface area contributed by atoms with Crippen molar-refractivity contribution in [1.29, 1.82) is 0 Å². The van der Waals surface area contributed by atoms with Crippen molar-refractivity contribution in [3.63, 3.8) is 0 Å². The van der Waals surface area contributed by atoms with Gasteiger partial charge in [0, 0.05) is 39.9 Å². The molecule has 2 aromatic heterocycles. The Morgan fingerprint density at radius 1 is 1.00 bits per heavy atom. The number of aromatic nitrogens is 1. The molecule has 4 rings (SSSR count). The third-order valence-electron chi connectivity index (χ3n) is 4.24. The highest BCUT2D eigenvalue weighted by Crippen LogP contribution is 2.28. The first-order valence-corrected chi connectivity index (χ1v) is 10.4. The molecule has 0 unspecified atom stereocenters. The van der Waals surface area contributed by atoms with Crippen molar-refractivity contribution in [2.24, 2.45) is 0 Å². The Labute approximate surface area is 170 Å². The van der Waals surface area contributed by atoms with E-state index in [1.165, 1.54) is 18.3 Å². The Hall–Kier alpha value is -3.03. The van der Waals surface area contributed by atoms with E-state index >= 15 is 0 Å². The standard InChI is InChI=1S/C21H17N3O2S2/c1-13(25)22-10-14-6-8-15(9-7-14)18-12-28-21(23-18)24-20(26)17-11-27-19-5-3-2-4-16(17)19/h2-9,11-12H,10H2,1H3,(H,22,25)(H,23,24,26). The van der Waals surface area contributed by atoms with Crippen LogP contribution < -0.4 is 10.6 Å². The fourth-order valence-corrected chi connectivity index (χ4v) is 4.46. The first-order valence-electron chi connectivity index (χ1n) is 8.67. The fourth-order valence-electron chi connectivity index (χ4n) is 2.80. The molecule has 0 aliphatic carbocycles. The Kier molecular flexibility index (Phi) is 5.18. The van der Waals surface area contributed by atoms with E-state index in [9.17, 15) is 9.59 Å². The average molecular weight is 408 g/mol. The van der Waals surface area contributed by atoms with Gasteiger partial charge in [0.15, 0.2) is 5.13 Å². The van der Waals surface area contributed by atoms with Crippen molar-refractivity contribution >= 4 is 49.7 Å². The molecule has 2 N–H and O–H groups in total. The number of carbonyl (C=O) groups excluding carboxylic acids is 2. The van der Waals surface area contributed by atoms with E-state index in [2.05, 4.69) is 15.6 Å². The van der Waals surface area contributed by atoms with Crippen LogP contribution >= 0.6 is 22.7 Å². The van der Waals surface area contributed by atoms with Crippen LogP contribution in [0.2, 0.25) is 0 Å². The number of thiophene rings is 1. The number of benzene rings is 2. The zero-order valence-electron chi connectivity index (χ0n) is 15.1. The molecule has 0 atom stereocenters. The largest absolute Gasteiger partial charge is 0.352 e. The quantitative estimate of drug-likeness (QED) is 0.494. The number of rotatable bonds is 5. The van der Waals surface area contributed by atoms with Crippen molar-refractivity contribution < 1.29 is 9.59 Å². The van der Waals surface area contributed by atoms with Crippen LogP contribution in [0, 0.1) is 0 Å². The second kappa shape index (κ2) is 7.92. The predicted octanol–water partition coefficient (Wildman–Crippen LogP) is 4.91. The highest BCUT2D eigenvalue weighted by Gasteiger charge is 2.14. The number of thiazole rings is 1. The molecular weight excluding hydrogens is 390 g/mol. The summed E-state index contributed by atoms with van der Waals surface area (Å²) in [5.41, 5.74) is 3.46. The van der Waals surface area contributed by atoms with Crippen LogP contribution in [0.5, 0.6) is 0 Å². The summed E-state index contributed by atoms with van der Waals surface area (Å²) in [6.07, 6.45) is 0. The van der Waals surface area contributed by atoms with Crippen LogP contribution in [0.3, 0.4) is 0 Å². The summed E-state index contributed by atoms with van der Waals surface area (Å²) in [5, 5.41) is 11.0. The Bertz CT molecular complexity index is 1150. The second-order valence-electron chi connectivity index (χ2n) is 6.24. The number of nitrogens with zero attached hydrogens (tertiary/aromatic N) is 1. The summed E-state index contributed by atoms with van der Waals surface area (Å²) in [6, 6.07) is 15.7. The molecule has 2 heterocycles. The summed E-state index contributed by atoms with van der Waals surface area (Å²) in [5.74, 6) is -0.202. The summed E-state index contributed by atoms with van der Waals surface area (Å²) >= 11 is 2.95. The van der Waals surface area contributed by atoms with E-state index in [0.717, 1.165) is 26.9 Å². The van der Waals surface area contributed by atoms with Gasteiger partial charge in [0.2, 0.25) is 5.91 Å². The molecule has 2 amide bonds. The zero-order valence-corrected chi connectivity index (χ0v) is 16.7. The van der Waals surface area contributed by atoms with E-state index in [4.69, 9.17) is 0 Å². The van der Waals surface area contributed by atoms with Crippen LogP contribution in [0.15, 0.2) is 59.3 Å². The summed E-state index contributed by atoms with van der Waals surface area (Å²) in [6.45, 7) is 2.00. The van der Waals surface area contributed by atoms with Gasteiger partial charge in [0.05, 0.1) is 11.3 Å². The molecule has 0 saturated heterocycles. The number of nitrogens with one attached hydrogen (secondary N) is 2. The van der Waals surface area contributed by atoms with E-state index in [1.54, 1.807) is 11.3 Å². The normalized spacial score (nSPS) is 10.8. The van der Waals surface area contributed by atoms with Gasteiger partial charge in [-0.25, -0.2) is 4.98 Å². The lowest BCUT2D eigenvalue weighted by molar-refractivity contribution is -0.119. The number of anilines is 1. The number of hydrogen-bond donors (Lipinski definition) is 2. The maximum atomic E-state index is 12.6. The van der Waals surface area contributed by atoms with Crippen molar-refractivity contribution in [3.05, 3.63) is 70.4 Å². The molecule has 5 nitrogen and oxygen atoms in total. The molecule has 2 aromatic carbocycles. The van der Waals surface area contributed by atoms with Gasteiger partial charge in [-0.15, -0.1) is 22.7 Å². The molecule has 0 fully saturated rings. The van der Waals surface area contributed by atoms with Crippen LogP contribution in [0.4, 0.5) is 5.13 Å². The monoisotopic (exact) mass is 407 g/mol. The van der Waals surface area contributed by atoms with Crippen molar-refractivity contribution in [3.8, 4) is 11.3 Å². The molecule has 4 aromatic rings. The number of amides is 2. The predicted molar refractivity (Wildman–Crippen MR) is 115 cm³/mol. The number of carbonyl (C=O) groups is 2. The molecule has 0 bridgehead atoms. The zero-order chi connectivity index (χ0) is 19.5. The van der Waals surface area contributed by atoms with Crippen LogP contribution in [0.25, 0.3) is 21.3 Å². The van der Waals surface area contributed by atoms with Gasteiger partial charge in [-0.2, -0.15) is 0 Å². The first-order chi connectivity index (χ1) is 13.6. The van der Waals surface area contributed by atoms with E-state index in [-0.39, 0.29) is 11.8 Å². The molecule has 0 radical (unpaired) electrons. The minimum Gasteiger partial charge on any atom is -0.352 e. The van der Waals surface area contributed by atoms with Gasteiger partial charge < -0.3 is 5.32 Å². The lowest BCUT2D eigenvalue weighted by Crippen LogP contribution is -2.18. The molecule has 0 saturated carbocycles. The summed E-state index contributed by atoms with van der Waals surface area (Å²) in [7, 11) is 0. The highest BCUT2D eigenvalue weighted by molar-refractivity contribution is 7.17. The number of hydrogen-bond acceptors (Lipinski definition) is 5. The lowest BCUT2D eigenvalue weighted by Gasteiger charge is -2.03. The number of fused-ring (bicyclic) bond motifs is 1. The Balaban J connectivity index is 1.47. The van der Waals surface area contributed by atoms with E-state index in [0.29, 0.717) is 17.2 Å². The van der Waals surface area contributed by atoms with Crippen molar-refractivity contribution in [1.82, 2.24) is 10.3 Å². The van der Waals surface area contributed by atoms with Crippen LogP contribution in [-0.2, 0) is 11.3 Å². The third kappa shape index (κ3) is 3.95. The Morgan fingerprint density at radius 3 is 2.57 bits per heavy atom. The van der Waals surface area contributed by atoms with Crippen molar-refractivity contribution in [2.45, 2.75) is 13.5 Å². The van der Waals surface area contributed by atoms with Gasteiger partial charge in [-0.05, 0) is 11.6 Å². The molecule has 0 spiro atoms. The SMILES string of the molecule is CC(=O)NCc1ccc(-c2csc(NC(=O)c3csc4ccccc34)n2)cc1. The summed E-state index contributed by atoms with van der Waals surface area (Å²) < 4.78 is 1.09. The highest BCUT2D eigenvalue weighted by atomic mass is 32.1. The lowest BCUT2D eigenvalue weighted by atomic mass is 10.1. The van der Waals surface area contributed by atoms with Gasteiger partial charge in [0.25, 0.3) is 5.91 Å². The van der Waals surface area contributed by atoms with Gasteiger partial charge in [0.1, 0.15) is 0 Å². The molecule has 0 aliphatic rings. The van der Waals surface area contributed by atoms with E-state index in [1.807, 2.05) is 59.3 Å². The minimum absolute atomic E-state index is 0.0534. The molecule has 28 heavy (non-hydrogen) atoms. The van der Waals surface area contributed by atoms with Crippen LogP contribution in [0.1, 0.15) is 22.8 Å². The second-order valence-corrected chi connectivity index (χ2v) is 8.01. The summed E-state index contributed by atoms with van der Waals surface area (Å²) in [4.78, 5) is 28.2. The maximum Gasteiger partial charge on any atom is 0.258 e.